The molecule has 0 fully saturated rings. The minimum absolute atomic E-state index is 0.121. The van der Waals surface area contributed by atoms with Gasteiger partial charge in [-0.3, -0.25) is 0 Å². The molecule has 0 bridgehead atoms. The lowest BCUT2D eigenvalue weighted by atomic mass is 10.1. The lowest BCUT2D eigenvalue weighted by Gasteiger charge is -2.08. The van der Waals surface area contributed by atoms with Crippen molar-refractivity contribution in [1.29, 1.82) is 0 Å². The molecule has 4 nitrogen and oxygen atoms in total. The van der Waals surface area contributed by atoms with Crippen molar-refractivity contribution in [2.24, 2.45) is 5.73 Å². The Hall–Kier alpha value is -2.27. The predicted molar refractivity (Wildman–Crippen MR) is 66.7 cm³/mol. The van der Waals surface area contributed by atoms with Crippen molar-refractivity contribution >= 4 is 11.0 Å². The molecule has 1 aromatic heterocycles. The van der Waals surface area contributed by atoms with E-state index in [-0.39, 0.29) is 12.4 Å². The van der Waals surface area contributed by atoms with E-state index in [4.69, 9.17) is 5.73 Å². The van der Waals surface area contributed by atoms with Gasteiger partial charge in [-0.05, 0) is 24.3 Å². The molecule has 0 spiro atoms. The fourth-order valence-electron chi connectivity index (χ4n) is 1.99. The van der Waals surface area contributed by atoms with Gasteiger partial charge in [0.2, 0.25) is 0 Å². The minimum atomic E-state index is -0.324. The number of hydrogen-bond donors (Lipinski definition) is 1. The van der Waals surface area contributed by atoms with Crippen molar-refractivity contribution < 1.29 is 4.39 Å². The highest BCUT2D eigenvalue weighted by Gasteiger charge is 2.12. The van der Waals surface area contributed by atoms with Crippen molar-refractivity contribution in [3.05, 3.63) is 53.8 Å². The Morgan fingerprint density at radius 3 is 2.78 bits per heavy atom. The van der Waals surface area contributed by atoms with E-state index in [1.54, 1.807) is 16.8 Å². The highest BCUT2D eigenvalue weighted by atomic mass is 19.1. The molecule has 0 saturated heterocycles. The summed E-state index contributed by atoms with van der Waals surface area (Å²) in [4.78, 5) is 0. The number of halogens is 1. The molecule has 2 N–H and O–H groups in total. The molecule has 1 heterocycles. The Morgan fingerprint density at radius 1 is 1.11 bits per heavy atom. The summed E-state index contributed by atoms with van der Waals surface area (Å²) >= 11 is 0. The van der Waals surface area contributed by atoms with Crippen LogP contribution in [0.1, 0.15) is 5.56 Å². The number of aromatic nitrogens is 3. The second-order valence-corrected chi connectivity index (χ2v) is 3.93. The lowest BCUT2D eigenvalue weighted by Crippen LogP contribution is -2.08. The summed E-state index contributed by atoms with van der Waals surface area (Å²) < 4.78 is 15.3. The molecular weight excluding hydrogens is 231 g/mol. The summed E-state index contributed by atoms with van der Waals surface area (Å²) in [7, 11) is 0. The second kappa shape index (κ2) is 4.19. The van der Waals surface area contributed by atoms with Crippen LogP contribution in [-0.4, -0.2) is 15.0 Å². The van der Waals surface area contributed by atoms with Crippen LogP contribution in [0, 0.1) is 5.82 Å². The first-order valence-electron chi connectivity index (χ1n) is 5.59. The zero-order valence-electron chi connectivity index (χ0n) is 9.55. The molecule has 18 heavy (non-hydrogen) atoms. The van der Waals surface area contributed by atoms with Gasteiger partial charge in [0, 0.05) is 12.1 Å². The summed E-state index contributed by atoms with van der Waals surface area (Å²) in [5.74, 6) is -0.324. The summed E-state index contributed by atoms with van der Waals surface area (Å²) in [6.07, 6.45) is 0. The Kier molecular flexibility index (Phi) is 2.53. The Balaban J connectivity index is 2.30. The number of nitrogens with zero attached hydrogens (tertiary/aromatic N) is 3. The number of hydrogen-bond acceptors (Lipinski definition) is 3. The molecule has 5 heteroatoms. The Bertz CT molecular complexity index is 705. The van der Waals surface area contributed by atoms with Gasteiger partial charge in [-0.1, -0.05) is 23.4 Å². The van der Waals surface area contributed by atoms with Crippen molar-refractivity contribution in [1.82, 2.24) is 15.0 Å². The molecule has 2 aromatic carbocycles. The van der Waals surface area contributed by atoms with Crippen molar-refractivity contribution in [2.75, 3.05) is 0 Å². The van der Waals surface area contributed by atoms with E-state index >= 15 is 0 Å². The van der Waals surface area contributed by atoms with Crippen LogP contribution in [-0.2, 0) is 6.54 Å². The van der Waals surface area contributed by atoms with Crippen LogP contribution in [0.25, 0.3) is 16.7 Å². The minimum Gasteiger partial charge on any atom is -0.326 e. The van der Waals surface area contributed by atoms with Crippen LogP contribution in [0.5, 0.6) is 0 Å². The molecular formula is C13H11FN4. The first kappa shape index (κ1) is 10.9. The number of nitrogens with two attached hydrogens (primary N) is 1. The highest BCUT2D eigenvalue weighted by molar-refractivity contribution is 5.76. The fourth-order valence-corrected chi connectivity index (χ4v) is 1.99. The largest absolute Gasteiger partial charge is 0.326 e. The van der Waals surface area contributed by atoms with Gasteiger partial charge in [0.15, 0.2) is 0 Å². The zero-order valence-corrected chi connectivity index (χ0v) is 9.55. The lowest BCUT2D eigenvalue weighted by molar-refractivity contribution is 0.606. The quantitative estimate of drug-likeness (QED) is 0.748. The van der Waals surface area contributed by atoms with Crippen molar-refractivity contribution in [3.8, 4) is 5.69 Å². The first-order chi connectivity index (χ1) is 8.81. The summed E-state index contributed by atoms with van der Waals surface area (Å²) in [5.41, 5.74) is 8.27. The molecule has 0 aliphatic rings. The third kappa shape index (κ3) is 1.56. The SMILES string of the molecule is NCc1c(F)cccc1-n1nnc2ccccc21. The van der Waals surface area contributed by atoms with Gasteiger partial charge in [-0.2, -0.15) is 0 Å². The second-order valence-electron chi connectivity index (χ2n) is 3.93. The van der Waals surface area contributed by atoms with E-state index in [2.05, 4.69) is 10.3 Å². The molecule has 0 atom stereocenters. The van der Waals surface area contributed by atoms with E-state index < -0.39 is 0 Å². The van der Waals surface area contributed by atoms with Gasteiger partial charge in [0.1, 0.15) is 11.3 Å². The topological polar surface area (TPSA) is 56.7 Å². The third-order valence-corrected chi connectivity index (χ3v) is 2.88. The van der Waals surface area contributed by atoms with E-state index in [0.29, 0.717) is 11.3 Å². The van der Waals surface area contributed by atoms with Gasteiger partial charge < -0.3 is 5.73 Å². The molecule has 0 saturated carbocycles. The predicted octanol–water partition coefficient (Wildman–Crippen LogP) is 2.02. The maximum atomic E-state index is 13.7. The van der Waals surface area contributed by atoms with Crippen LogP contribution >= 0.6 is 0 Å². The fraction of sp³-hybridized carbons (Fsp3) is 0.0769. The van der Waals surface area contributed by atoms with Gasteiger partial charge in [0.25, 0.3) is 0 Å². The molecule has 0 aliphatic heterocycles. The summed E-state index contributed by atoms with van der Waals surface area (Å²) in [5, 5.41) is 8.11. The van der Waals surface area contributed by atoms with E-state index in [1.807, 2.05) is 24.3 Å². The molecule has 90 valence electrons. The van der Waals surface area contributed by atoms with E-state index in [1.165, 1.54) is 6.07 Å². The Labute approximate surface area is 103 Å². The summed E-state index contributed by atoms with van der Waals surface area (Å²) in [6, 6.07) is 12.3. The molecule has 3 rings (SSSR count). The smallest absolute Gasteiger partial charge is 0.129 e. The van der Waals surface area contributed by atoms with Gasteiger partial charge in [-0.15, -0.1) is 5.10 Å². The number of para-hydroxylation sites is 1. The summed E-state index contributed by atoms with van der Waals surface area (Å²) in [6.45, 7) is 0.121. The van der Waals surface area contributed by atoms with E-state index in [0.717, 1.165) is 11.0 Å². The Morgan fingerprint density at radius 2 is 1.94 bits per heavy atom. The van der Waals surface area contributed by atoms with Crippen molar-refractivity contribution in [2.45, 2.75) is 6.54 Å². The van der Waals surface area contributed by atoms with Crippen LogP contribution in [0.4, 0.5) is 4.39 Å². The molecule has 0 aliphatic carbocycles. The maximum Gasteiger partial charge on any atom is 0.129 e. The van der Waals surface area contributed by atoms with Crippen LogP contribution in [0.3, 0.4) is 0 Å². The van der Waals surface area contributed by atoms with Gasteiger partial charge in [0.05, 0.1) is 11.2 Å². The van der Waals surface area contributed by atoms with Crippen LogP contribution in [0.15, 0.2) is 42.5 Å². The average molecular weight is 242 g/mol. The van der Waals surface area contributed by atoms with Crippen molar-refractivity contribution in [3.63, 3.8) is 0 Å². The maximum absolute atomic E-state index is 13.7. The average Bonchev–Trinajstić information content (AvgIpc) is 2.82. The first-order valence-corrected chi connectivity index (χ1v) is 5.59. The standard InChI is InChI=1S/C13H11FN4/c14-10-4-3-7-12(9(10)8-15)18-13-6-2-1-5-11(13)16-17-18/h1-7H,8,15H2. The molecule has 0 unspecified atom stereocenters. The van der Waals surface area contributed by atoms with Gasteiger partial charge in [-0.25, -0.2) is 9.07 Å². The zero-order chi connectivity index (χ0) is 12.5. The normalized spacial score (nSPS) is 11.0. The van der Waals surface area contributed by atoms with Gasteiger partial charge >= 0.3 is 0 Å². The number of fused-ring (bicyclic) bond motifs is 1. The third-order valence-electron chi connectivity index (χ3n) is 2.88. The van der Waals surface area contributed by atoms with Crippen LogP contribution < -0.4 is 5.73 Å². The molecule has 0 radical (unpaired) electrons. The monoisotopic (exact) mass is 242 g/mol. The molecule has 3 aromatic rings. The number of benzene rings is 2. The molecule has 0 amide bonds. The highest BCUT2D eigenvalue weighted by Crippen LogP contribution is 2.21. The number of rotatable bonds is 2. The van der Waals surface area contributed by atoms with E-state index in [9.17, 15) is 4.39 Å². The van der Waals surface area contributed by atoms with Crippen LogP contribution in [0.2, 0.25) is 0 Å².